The predicted molar refractivity (Wildman–Crippen MR) is 123 cm³/mol. The van der Waals surface area contributed by atoms with Crippen LogP contribution in [0, 0.1) is 25.7 Å². The molecule has 0 radical (unpaired) electrons. The van der Waals surface area contributed by atoms with Crippen molar-refractivity contribution in [1.29, 1.82) is 0 Å². The van der Waals surface area contributed by atoms with E-state index in [0.717, 1.165) is 24.0 Å². The standard InChI is InChI=1S/C24H26Cl2N2O3/c1-14-11-19(26)12-15(2)22(14)31-21-6-5-18(25)13-20(21)27-23(29)16-7-9-28(10-8-16)24(30)17-3-4-17/h5-6,11-13,16-17H,3-4,7-10H2,1-2H3,(H,27,29). The van der Waals surface area contributed by atoms with E-state index in [1.807, 2.05) is 30.9 Å². The fourth-order valence-corrected chi connectivity index (χ4v) is 4.54. The van der Waals surface area contributed by atoms with Crippen molar-refractivity contribution in [3.8, 4) is 11.5 Å². The van der Waals surface area contributed by atoms with Gasteiger partial charge in [0.25, 0.3) is 0 Å². The zero-order chi connectivity index (χ0) is 22.1. The molecule has 5 nitrogen and oxygen atoms in total. The normalized spacial score (nSPS) is 16.8. The largest absolute Gasteiger partial charge is 0.455 e. The molecule has 31 heavy (non-hydrogen) atoms. The number of ether oxygens (including phenoxy) is 1. The lowest BCUT2D eigenvalue weighted by Gasteiger charge is -2.31. The van der Waals surface area contributed by atoms with Crippen LogP contribution in [0.4, 0.5) is 5.69 Å². The summed E-state index contributed by atoms with van der Waals surface area (Å²) in [4.78, 5) is 27.1. The van der Waals surface area contributed by atoms with E-state index >= 15 is 0 Å². The first-order chi connectivity index (χ1) is 14.8. The van der Waals surface area contributed by atoms with Crippen LogP contribution in [0.3, 0.4) is 0 Å². The minimum atomic E-state index is -0.144. The molecule has 1 saturated carbocycles. The minimum absolute atomic E-state index is 0.0739. The maximum atomic E-state index is 13.0. The number of nitrogens with one attached hydrogen (secondary N) is 1. The SMILES string of the molecule is Cc1cc(Cl)cc(C)c1Oc1ccc(Cl)cc1NC(=O)C1CCN(C(=O)C2CC2)CC1. The molecule has 2 fully saturated rings. The van der Waals surface area contributed by atoms with E-state index in [2.05, 4.69) is 5.32 Å². The van der Waals surface area contributed by atoms with Crippen molar-refractivity contribution >= 4 is 40.7 Å². The van der Waals surface area contributed by atoms with Crippen molar-refractivity contribution in [1.82, 2.24) is 4.90 Å². The highest BCUT2D eigenvalue weighted by molar-refractivity contribution is 6.31. The topological polar surface area (TPSA) is 58.6 Å². The van der Waals surface area contributed by atoms with E-state index in [1.165, 1.54) is 0 Å². The summed E-state index contributed by atoms with van der Waals surface area (Å²) >= 11 is 12.3. The minimum Gasteiger partial charge on any atom is -0.455 e. The van der Waals surface area contributed by atoms with Gasteiger partial charge in [-0.1, -0.05) is 23.2 Å². The summed E-state index contributed by atoms with van der Waals surface area (Å²) in [5.41, 5.74) is 2.34. The molecule has 1 heterocycles. The van der Waals surface area contributed by atoms with Gasteiger partial charge >= 0.3 is 0 Å². The van der Waals surface area contributed by atoms with Crippen LogP contribution in [0.2, 0.25) is 10.0 Å². The number of rotatable bonds is 5. The monoisotopic (exact) mass is 460 g/mol. The molecule has 2 aromatic rings. The van der Waals surface area contributed by atoms with Crippen molar-refractivity contribution in [3.05, 3.63) is 51.5 Å². The molecule has 2 amide bonds. The molecular formula is C24H26Cl2N2O3. The molecule has 7 heteroatoms. The molecule has 2 aliphatic rings. The number of nitrogens with zero attached hydrogens (tertiary/aromatic N) is 1. The Labute approximate surface area is 192 Å². The lowest BCUT2D eigenvalue weighted by atomic mass is 9.95. The second-order valence-corrected chi connectivity index (χ2v) is 9.35. The van der Waals surface area contributed by atoms with Gasteiger partial charge in [-0.3, -0.25) is 9.59 Å². The quantitative estimate of drug-likeness (QED) is 0.595. The van der Waals surface area contributed by atoms with Gasteiger partial charge in [-0.05, 0) is 81.0 Å². The van der Waals surface area contributed by atoms with Crippen LogP contribution in [0.1, 0.15) is 36.8 Å². The van der Waals surface area contributed by atoms with Gasteiger partial charge in [0.2, 0.25) is 11.8 Å². The zero-order valence-corrected chi connectivity index (χ0v) is 19.2. The maximum absolute atomic E-state index is 13.0. The second kappa shape index (κ2) is 9.09. The molecule has 164 valence electrons. The fraction of sp³-hybridized carbons (Fsp3) is 0.417. The Morgan fingerprint density at radius 1 is 0.935 bits per heavy atom. The first-order valence-electron chi connectivity index (χ1n) is 10.7. The van der Waals surface area contributed by atoms with E-state index in [0.29, 0.717) is 53.2 Å². The molecule has 1 aliphatic heterocycles. The molecule has 0 unspecified atom stereocenters. The molecular weight excluding hydrogens is 435 g/mol. The highest BCUT2D eigenvalue weighted by atomic mass is 35.5. The van der Waals surface area contributed by atoms with Crippen molar-refractivity contribution in [2.24, 2.45) is 11.8 Å². The van der Waals surface area contributed by atoms with Crippen LogP contribution >= 0.6 is 23.2 Å². The lowest BCUT2D eigenvalue weighted by molar-refractivity contribution is -0.135. The second-order valence-electron chi connectivity index (χ2n) is 8.47. The van der Waals surface area contributed by atoms with Gasteiger partial charge in [-0.15, -0.1) is 0 Å². The van der Waals surface area contributed by atoms with Crippen molar-refractivity contribution in [3.63, 3.8) is 0 Å². The third-order valence-corrected chi connectivity index (χ3v) is 6.39. The van der Waals surface area contributed by atoms with Crippen LogP contribution in [0.5, 0.6) is 11.5 Å². The van der Waals surface area contributed by atoms with Gasteiger partial charge in [0, 0.05) is 35.0 Å². The molecule has 4 rings (SSSR count). The number of likely N-dealkylation sites (tertiary alicyclic amines) is 1. The molecule has 1 saturated heterocycles. The number of piperidine rings is 1. The smallest absolute Gasteiger partial charge is 0.227 e. The van der Waals surface area contributed by atoms with E-state index in [-0.39, 0.29) is 23.7 Å². The van der Waals surface area contributed by atoms with E-state index in [1.54, 1.807) is 18.2 Å². The van der Waals surface area contributed by atoms with Crippen LogP contribution in [0.15, 0.2) is 30.3 Å². The Morgan fingerprint density at radius 3 is 2.19 bits per heavy atom. The van der Waals surface area contributed by atoms with Gasteiger partial charge in [0.05, 0.1) is 5.69 Å². The summed E-state index contributed by atoms with van der Waals surface area (Å²) < 4.78 is 6.17. The van der Waals surface area contributed by atoms with E-state index in [4.69, 9.17) is 27.9 Å². The van der Waals surface area contributed by atoms with E-state index in [9.17, 15) is 9.59 Å². The Balaban J connectivity index is 1.45. The summed E-state index contributed by atoms with van der Waals surface area (Å²) in [7, 11) is 0. The van der Waals surface area contributed by atoms with Crippen molar-refractivity contribution < 1.29 is 14.3 Å². The van der Waals surface area contributed by atoms with E-state index < -0.39 is 0 Å². The Hall–Kier alpha value is -2.24. The van der Waals surface area contributed by atoms with Crippen LogP contribution in [-0.2, 0) is 9.59 Å². The van der Waals surface area contributed by atoms with Gasteiger partial charge < -0.3 is 15.0 Å². The predicted octanol–water partition coefficient (Wildman–Crippen LogP) is 5.99. The number of hydrogen-bond donors (Lipinski definition) is 1. The highest BCUT2D eigenvalue weighted by Crippen LogP contribution is 2.37. The third kappa shape index (κ3) is 5.16. The number of benzene rings is 2. The fourth-order valence-electron chi connectivity index (χ4n) is 4.04. The molecule has 1 N–H and O–H groups in total. The number of amides is 2. The number of carbonyl (C=O) groups is 2. The summed E-state index contributed by atoms with van der Waals surface area (Å²) in [5, 5.41) is 4.16. The summed E-state index contributed by atoms with van der Waals surface area (Å²) in [5.74, 6) is 1.47. The molecule has 2 aromatic carbocycles. The highest BCUT2D eigenvalue weighted by Gasteiger charge is 2.36. The zero-order valence-electron chi connectivity index (χ0n) is 17.7. The lowest BCUT2D eigenvalue weighted by Crippen LogP contribution is -2.42. The Bertz CT molecular complexity index is 989. The summed E-state index contributed by atoms with van der Waals surface area (Å²) in [6.07, 6.45) is 3.33. The Kier molecular flexibility index (Phi) is 6.44. The molecule has 1 aliphatic carbocycles. The van der Waals surface area contributed by atoms with Crippen molar-refractivity contribution in [2.45, 2.75) is 39.5 Å². The number of hydrogen-bond acceptors (Lipinski definition) is 3. The molecule has 0 aromatic heterocycles. The molecule has 0 spiro atoms. The maximum Gasteiger partial charge on any atom is 0.227 e. The molecule has 0 bridgehead atoms. The van der Waals surface area contributed by atoms with Crippen LogP contribution < -0.4 is 10.1 Å². The van der Waals surface area contributed by atoms with Gasteiger partial charge in [0.15, 0.2) is 5.75 Å². The molecule has 0 atom stereocenters. The number of anilines is 1. The van der Waals surface area contributed by atoms with Crippen LogP contribution in [-0.4, -0.2) is 29.8 Å². The average Bonchev–Trinajstić information content (AvgIpc) is 3.57. The van der Waals surface area contributed by atoms with Gasteiger partial charge in [-0.2, -0.15) is 0 Å². The number of carbonyl (C=O) groups excluding carboxylic acids is 2. The summed E-state index contributed by atoms with van der Waals surface area (Å²) in [6, 6.07) is 8.86. The summed E-state index contributed by atoms with van der Waals surface area (Å²) in [6.45, 7) is 5.13. The average molecular weight is 461 g/mol. The van der Waals surface area contributed by atoms with Gasteiger partial charge in [-0.25, -0.2) is 0 Å². The van der Waals surface area contributed by atoms with Crippen LogP contribution in [0.25, 0.3) is 0 Å². The Morgan fingerprint density at radius 2 is 1.58 bits per heavy atom. The number of halogens is 2. The van der Waals surface area contributed by atoms with Gasteiger partial charge in [0.1, 0.15) is 5.75 Å². The first kappa shape index (κ1) is 22.0. The number of aryl methyl sites for hydroxylation is 2. The third-order valence-electron chi connectivity index (χ3n) is 5.94. The first-order valence-corrected chi connectivity index (χ1v) is 11.4. The van der Waals surface area contributed by atoms with Crippen molar-refractivity contribution in [2.75, 3.05) is 18.4 Å².